The number of nitrogens with one attached hydrogen (secondary N) is 1. The van der Waals surface area contributed by atoms with E-state index in [2.05, 4.69) is 5.32 Å². The van der Waals surface area contributed by atoms with Crippen molar-refractivity contribution < 1.29 is 14.3 Å². The second kappa shape index (κ2) is 3.87. The third-order valence-electron chi connectivity index (χ3n) is 3.09. The predicted molar refractivity (Wildman–Crippen MR) is 62.2 cm³/mol. The Hall–Kier alpha value is -1.84. The minimum absolute atomic E-state index is 0.0693. The van der Waals surface area contributed by atoms with Gasteiger partial charge < -0.3 is 10.1 Å². The van der Waals surface area contributed by atoms with Crippen LogP contribution in [0.2, 0.25) is 0 Å². The van der Waals surface area contributed by atoms with E-state index < -0.39 is 0 Å². The van der Waals surface area contributed by atoms with Gasteiger partial charge in [0.05, 0.1) is 5.92 Å². The Bertz CT molecular complexity index is 491. The Morgan fingerprint density at radius 3 is 2.94 bits per heavy atom. The predicted octanol–water partition coefficient (Wildman–Crippen LogP) is 2.00. The highest BCUT2D eigenvalue weighted by atomic mass is 16.5. The van der Waals surface area contributed by atoms with Gasteiger partial charge in [-0.1, -0.05) is 0 Å². The fraction of sp³-hybridized carbons (Fsp3) is 0.385. The molecule has 4 heteroatoms. The van der Waals surface area contributed by atoms with E-state index in [1.807, 2.05) is 0 Å². The molecule has 4 nitrogen and oxygen atoms in total. The van der Waals surface area contributed by atoms with Crippen LogP contribution in [0.5, 0.6) is 5.75 Å². The fourth-order valence-electron chi connectivity index (χ4n) is 1.94. The summed E-state index contributed by atoms with van der Waals surface area (Å²) in [6.07, 6.45) is 2.33. The highest BCUT2D eigenvalue weighted by Crippen LogP contribution is 2.32. The molecule has 0 unspecified atom stereocenters. The average Bonchev–Trinajstić information content (AvgIpc) is 3.14. The molecule has 17 heavy (non-hydrogen) atoms. The number of anilines is 1. The second-order valence-electron chi connectivity index (χ2n) is 4.50. The molecule has 2 aliphatic rings. The molecule has 1 N–H and O–H groups in total. The average molecular weight is 231 g/mol. The summed E-state index contributed by atoms with van der Waals surface area (Å²) >= 11 is 0. The zero-order chi connectivity index (χ0) is 11.8. The number of rotatable bonds is 2. The van der Waals surface area contributed by atoms with Crippen molar-refractivity contribution in [3.63, 3.8) is 0 Å². The summed E-state index contributed by atoms with van der Waals surface area (Å²) in [6, 6.07) is 5.18. The Labute approximate surface area is 99.0 Å². The first-order valence-electron chi connectivity index (χ1n) is 5.87. The van der Waals surface area contributed by atoms with Crippen LogP contribution in [0.1, 0.15) is 29.6 Å². The number of carbonyl (C=O) groups is 2. The van der Waals surface area contributed by atoms with Crippen LogP contribution in [0.4, 0.5) is 5.69 Å². The van der Waals surface area contributed by atoms with Gasteiger partial charge in [-0.05, 0) is 31.0 Å². The SMILES string of the molecule is O=C1CCNc2ccc(OC(=O)C3CC3)cc21. The summed E-state index contributed by atoms with van der Waals surface area (Å²) in [4.78, 5) is 23.2. The zero-order valence-corrected chi connectivity index (χ0v) is 9.36. The summed E-state index contributed by atoms with van der Waals surface area (Å²) in [7, 11) is 0. The van der Waals surface area contributed by atoms with Crippen LogP contribution < -0.4 is 10.1 Å². The lowest BCUT2D eigenvalue weighted by Crippen LogP contribution is -2.18. The van der Waals surface area contributed by atoms with Gasteiger partial charge in [0, 0.05) is 24.2 Å². The summed E-state index contributed by atoms with van der Waals surface area (Å²) in [5.74, 6) is 0.460. The van der Waals surface area contributed by atoms with Crippen LogP contribution in [0.15, 0.2) is 18.2 Å². The number of Topliss-reactive ketones (excluding diaryl/α,β-unsaturated/α-hetero) is 1. The highest BCUT2D eigenvalue weighted by molar-refractivity contribution is 6.03. The van der Waals surface area contributed by atoms with Gasteiger partial charge in [0.1, 0.15) is 5.75 Å². The lowest BCUT2D eigenvalue weighted by Gasteiger charge is -2.17. The molecule has 0 aromatic heterocycles. The van der Waals surface area contributed by atoms with Crippen molar-refractivity contribution in [1.82, 2.24) is 0 Å². The number of hydrogen-bond acceptors (Lipinski definition) is 4. The Kier molecular flexibility index (Phi) is 2.35. The smallest absolute Gasteiger partial charge is 0.314 e. The number of ketones is 1. The van der Waals surface area contributed by atoms with Crippen molar-refractivity contribution in [2.75, 3.05) is 11.9 Å². The molecule has 0 amide bonds. The zero-order valence-electron chi connectivity index (χ0n) is 9.36. The molecular formula is C13H13NO3. The Balaban J connectivity index is 1.83. The van der Waals surface area contributed by atoms with Crippen LogP contribution in [-0.2, 0) is 4.79 Å². The molecule has 1 aliphatic carbocycles. The molecule has 1 aromatic carbocycles. The van der Waals surface area contributed by atoms with Crippen LogP contribution in [0.25, 0.3) is 0 Å². The second-order valence-corrected chi connectivity index (χ2v) is 4.50. The van der Waals surface area contributed by atoms with E-state index in [-0.39, 0.29) is 17.7 Å². The summed E-state index contributed by atoms with van der Waals surface area (Å²) in [6.45, 7) is 0.674. The van der Waals surface area contributed by atoms with E-state index in [1.54, 1.807) is 18.2 Å². The van der Waals surface area contributed by atoms with E-state index in [4.69, 9.17) is 4.74 Å². The largest absolute Gasteiger partial charge is 0.426 e. The van der Waals surface area contributed by atoms with Gasteiger partial charge in [0.2, 0.25) is 0 Å². The molecule has 88 valence electrons. The van der Waals surface area contributed by atoms with Crippen molar-refractivity contribution in [1.29, 1.82) is 0 Å². The number of esters is 1. The molecule has 0 radical (unpaired) electrons. The van der Waals surface area contributed by atoms with Gasteiger partial charge in [-0.25, -0.2) is 0 Å². The van der Waals surface area contributed by atoms with E-state index in [0.29, 0.717) is 24.3 Å². The Morgan fingerprint density at radius 2 is 2.18 bits per heavy atom. The van der Waals surface area contributed by atoms with E-state index >= 15 is 0 Å². The van der Waals surface area contributed by atoms with Crippen molar-refractivity contribution in [3.05, 3.63) is 23.8 Å². The maximum Gasteiger partial charge on any atom is 0.314 e. The lowest BCUT2D eigenvalue weighted by atomic mass is 10.0. The van der Waals surface area contributed by atoms with Crippen molar-refractivity contribution in [2.45, 2.75) is 19.3 Å². The third-order valence-corrected chi connectivity index (χ3v) is 3.09. The van der Waals surface area contributed by atoms with Crippen molar-refractivity contribution in [3.8, 4) is 5.75 Å². The van der Waals surface area contributed by atoms with Crippen LogP contribution in [0, 0.1) is 5.92 Å². The number of carbonyl (C=O) groups excluding carboxylic acids is 2. The molecule has 3 rings (SSSR count). The maximum absolute atomic E-state index is 11.7. The first kappa shape index (κ1) is 10.3. The molecule has 1 aromatic rings. The standard InChI is InChI=1S/C13H13NO3/c15-12-5-6-14-11-4-3-9(7-10(11)12)17-13(16)8-1-2-8/h3-4,7-8,14H,1-2,5-6H2. The summed E-state index contributed by atoms with van der Waals surface area (Å²) in [5.41, 5.74) is 1.45. The van der Waals surface area contributed by atoms with Gasteiger partial charge in [0.15, 0.2) is 5.78 Å². The van der Waals surface area contributed by atoms with Gasteiger partial charge in [-0.15, -0.1) is 0 Å². The number of hydrogen-bond donors (Lipinski definition) is 1. The molecule has 0 atom stereocenters. The molecule has 1 fully saturated rings. The van der Waals surface area contributed by atoms with Gasteiger partial charge >= 0.3 is 5.97 Å². The molecule has 1 saturated carbocycles. The molecule has 0 saturated heterocycles. The quantitative estimate of drug-likeness (QED) is 0.624. The molecule has 0 spiro atoms. The minimum Gasteiger partial charge on any atom is -0.426 e. The number of fused-ring (bicyclic) bond motifs is 1. The maximum atomic E-state index is 11.7. The third kappa shape index (κ3) is 2.02. The topological polar surface area (TPSA) is 55.4 Å². The van der Waals surface area contributed by atoms with Crippen LogP contribution >= 0.6 is 0 Å². The summed E-state index contributed by atoms with van der Waals surface area (Å²) < 4.78 is 5.23. The van der Waals surface area contributed by atoms with Crippen molar-refractivity contribution >= 4 is 17.4 Å². The van der Waals surface area contributed by atoms with E-state index in [1.165, 1.54) is 0 Å². The van der Waals surface area contributed by atoms with Crippen LogP contribution in [-0.4, -0.2) is 18.3 Å². The molecular weight excluding hydrogens is 218 g/mol. The minimum atomic E-state index is -0.179. The van der Waals surface area contributed by atoms with Gasteiger partial charge in [-0.3, -0.25) is 9.59 Å². The van der Waals surface area contributed by atoms with Crippen LogP contribution in [0.3, 0.4) is 0 Å². The first-order valence-corrected chi connectivity index (χ1v) is 5.87. The number of ether oxygens (including phenoxy) is 1. The lowest BCUT2D eigenvalue weighted by molar-refractivity contribution is -0.135. The van der Waals surface area contributed by atoms with E-state index in [0.717, 1.165) is 18.5 Å². The molecule has 1 heterocycles. The summed E-state index contributed by atoms with van der Waals surface area (Å²) in [5, 5.41) is 3.15. The molecule has 0 bridgehead atoms. The normalized spacial score (nSPS) is 18.2. The van der Waals surface area contributed by atoms with Gasteiger partial charge in [0.25, 0.3) is 0 Å². The number of benzene rings is 1. The van der Waals surface area contributed by atoms with E-state index in [9.17, 15) is 9.59 Å². The van der Waals surface area contributed by atoms with Gasteiger partial charge in [-0.2, -0.15) is 0 Å². The highest BCUT2D eigenvalue weighted by Gasteiger charge is 2.31. The van der Waals surface area contributed by atoms with Crippen molar-refractivity contribution in [2.24, 2.45) is 5.92 Å². The Morgan fingerprint density at radius 1 is 1.35 bits per heavy atom. The monoisotopic (exact) mass is 231 g/mol. The molecule has 1 aliphatic heterocycles. The first-order chi connectivity index (χ1) is 8.24. The fourth-order valence-corrected chi connectivity index (χ4v) is 1.94.